The van der Waals surface area contributed by atoms with Crippen LogP contribution < -0.4 is 0 Å². The van der Waals surface area contributed by atoms with E-state index in [1.54, 1.807) is 13.8 Å². The summed E-state index contributed by atoms with van der Waals surface area (Å²) in [5.74, 6) is 0. The number of ether oxygens (including phenoxy) is 1. The number of aliphatic hydroxyl groups excluding tert-OH is 2. The molecule has 2 rings (SSSR count). The van der Waals surface area contributed by atoms with Gasteiger partial charge in [-0.3, -0.25) is 0 Å². The third kappa shape index (κ3) is 1.66. The number of hydrogen-bond acceptors (Lipinski definition) is 4. The number of fused-ring (bicyclic) bond motifs is 2. The molecule has 3 N–H and O–H groups in total. The first-order valence-electron chi connectivity index (χ1n) is 6.78. The van der Waals surface area contributed by atoms with Crippen molar-refractivity contribution in [2.75, 3.05) is 0 Å². The Morgan fingerprint density at radius 2 is 1.50 bits per heavy atom. The summed E-state index contributed by atoms with van der Waals surface area (Å²) in [6.45, 7) is 9.67. The monoisotopic (exact) mass is 258 g/mol. The summed E-state index contributed by atoms with van der Waals surface area (Å²) in [6, 6.07) is 0. The fourth-order valence-electron chi connectivity index (χ4n) is 3.63. The lowest BCUT2D eigenvalue weighted by atomic mass is 9.64. The molecule has 0 aromatic rings. The largest absolute Gasteiger partial charge is 0.389 e. The minimum atomic E-state index is -0.941. The van der Waals surface area contributed by atoms with Crippen molar-refractivity contribution in [3.63, 3.8) is 0 Å². The lowest BCUT2D eigenvalue weighted by Crippen LogP contribution is -2.59. The van der Waals surface area contributed by atoms with Crippen LogP contribution in [0.1, 0.15) is 53.9 Å². The summed E-state index contributed by atoms with van der Waals surface area (Å²) >= 11 is 0. The average Bonchev–Trinajstić information content (AvgIpc) is 2.36. The van der Waals surface area contributed by atoms with Crippen molar-refractivity contribution in [1.82, 2.24) is 0 Å². The molecular formula is C14H26O4. The van der Waals surface area contributed by atoms with Crippen molar-refractivity contribution < 1.29 is 20.1 Å². The molecule has 0 aromatic carbocycles. The molecule has 1 unspecified atom stereocenters. The van der Waals surface area contributed by atoms with Crippen molar-refractivity contribution in [3.05, 3.63) is 0 Å². The van der Waals surface area contributed by atoms with Crippen molar-refractivity contribution in [3.8, 4) is 0 Å². The quantitative estimate of drug-likeness (QED) is 0.696. The number of rotatable bonds is 2. The van der Waals surface area contributed by atoms with E-state index in [9.17, 15) is 15.3 Å². The Balaban J connectivity index is 2.42. The summed E-state index contributed by atoms with van der Waals surface area (Å²) in [5, 5.41) is 31.4. The van der Waals surface area contributed by atoms with E-state index in [-0.39, 0.29) is 5.41 Å². The Kier molecular flexibility index (Phi) is 2.92. The molecule has 2 bridgehead atoms. The molecule has 0 aromatic heterocycles. The molecule has 2 fully saturated rings. The van der Waals surface area contributed by atoms with Crippen LogP contribution in [0, 0.1) is 5.41 Å². The average molecular weight is 258 g/mol. The van der Waals surface area contributed by atoms with Gasteiger partial charge in [-0.05, 0) is 25.7 Å². The lowest BCUT2D eigenvalue weighted by molar-refractivity contribution is -0.240. The minimum Gasteiger partial charge on any atom is -0.389 e. The van der Waals surface area contributed by atoms with Gasteiger partial charge in [0.2, 0.25) is 0 Å². The van der Waals surface area contributed by atoms with E-state index in [0.717, 1.165) is 6.42 Å². The van der Waals surface area contributed by atoms with Gasteiger partial charge in [0.15, 0.2) is 0 Å². The second-order valence-electron chi connectivity index (χ2n) is 7.24. The summed E-state index contributed by atoms with van der Waals surface area (Å²) in [5.41, 5.74) is -2.94. The van der Waals surface area contributed by atoms with Gasteiger partial charge in [-0.1, -0.05) is 20.8 Å². The molecule has 2 aliphatic rings. The smallest absolute Gasteiger partial charge is 0.111 e. The van der Waals surface area contributed by atoms with Gasteiger partial charge in [-0.2, -0.15) is 0 Å². The first kappa shape index (κ1) is 14.3. The molecule has 4 heteroatoms. The molecule has 2 heterocycles. The van der Waals surface area contributed by atoms with Crippen molar-refractivity contribution in [1.29, 1.82) is 0 Å². The normalized spacial score (nSPS) is 52.7. The minimum absolute atomic E-state index is 0.275. The van der Waals surface area contributed by atoms with E-state index in [2.05, 4.69) is 0 Å². The zero-order chi connectivity index (χ0) is 14.0. The van der Waals surface area contributed by atoms with E-state index in [1.807, 2.05) is 20.8 Å². The predicted molar refractivity (Wildman–Crippen MR) is 68.2 cm³/mol. The van der Waals surface area contributed by atoms with Crippen LogP contribution in [-0.2, 0) is 4.74 Å². The molecule has 0 saturated carbocycles. The third-order valence-electron chi connectivity index (χ3n) is 5.45. The van der Waals surface area contributed by atoms with Crippen molar-refractivity contribution >= 4 is 0 Å². The van der Waals surface area contributed by atoms with E-state index in [4.69, 9.17) is 4.74 Å². The molecule has 0 radical (unpaired) electrons. The van der Waals surface area contributed by atoms with Gasteiger partial charge < -0.3 is 20.1 Å². The first-order chi connectivity index (χ1) is 8.00. The van der Waals surface area contributed by atoms with Gasteiger partial charge in [0.25, 0.3) is 0 Å². The van der Waals surface area contributed by atoms with Crippen molar-refractivity contribution in [2.24, 2.45) is 5.41 Å². The summed E-state index contributed by atoms with van der Waals surface area (Å²) in [6.07, 6.45) is -0.334. The second kappa shape index (κ2) is 3.69. The van der Waals surface area contributed by atoms with Crippen molar-refractivity contribution in [2.45, 2.75) is 82.9 Å². The van der Waals surface area contributed by atoms with Crippen LogP contribution in [0.2, 0.25) is 0 Å². The Labute approximate surface area is 109 Å². The zero-order valence-electron chi connectivity index (χ0n) is 12.0. The standard InChI is InChI=1S/C14H26O4/c1-6-11(2,3)14(17)7-12(4)9(15)10(16)13(5,8-14)18-12/h9-10,15-17H,6-8H2,1-5H3/t9-,10+,12+,13-,14?. The topological polar surface area (TPSA) is 69.9 Å². The number of aliphatic hydroxyl groups is 3. The van der Waals surface area contributed by atoms with Gasteiger partial charge in [0.05, 0.1) is 16.8 Å². The van der Waals surface area contributed by atoms with Gasteiger partial charge in [0, 0.05) is 12.8 Å². The molecule has 18 heavy (non-hydrogen) atoms. The lowest BCUT2D eigenvalue weighted by Gasteiger charge is -2.52. The van der Waals surface area contributed by atoms with Crippen LogP contribution in [-0.4, -0.2) is 44.3 Å². The maximum absolute atomic E-state index is 11.0. The molecule has 106 valence electrons. The third-order valence-corrected chi connectivity index (χ3v) is 5.45. The molecule has 5 atom stereocenters. The SMILES string of the molecule is CCC(C)(C)C1(O)C[C@@]2(C)O[C@@](C)(C1)[C@H](O)[C@@H]2O. The fraction of sp³-hybridized carbons (Fsp3) is 1.00. The summed E-state index contributed by atoms with van der Waals surface area (Å²) in [7, 11) is 0. The fourth-order valence-corrected chi connectivity index (χ4v) is 3.63. The van der Waals surface area contributed by atoms with Crippen LogP contribution in [0.15, 0.2) is 0 Å². The Morgan fingerprint density at radius 3 is 1.83 bits per heavy atom. The van der Waals surface area contributed by atoms with Crippen LogP contribution >= 0.6 is 0 Å². The van der Waals surface area contributed by atoms with E-state index >= 15 is 0 Å². The maximum Gasteiger partial charge on any atom is 0.111 e. The maximum atomic E-state index is 11.0. The Morgan fingerprint density at radius 1 is 1.11 bits per heavy atom. The Bertz CT molecular complexity index is 332. The molecule has 0 spiro atoms. The highest BCUT2D eigenvalue weighted by Crippen LogP contribution is 2.56. The first-order valence-corrected chi connectivity index (χ1v) is 6.78. The predicted octanol–water partition coefficient (Wildman–Crippen LogP) is 1.22. The molecule has 0 amide bonds. The molecular weight excluding hydrogens is 232 g/mol. The van der Waals surface area contributed by atoms with E-state index in [1.165, 1.54) is 0 Å². The summed E-state index contributed by atoms with van der Waals surface area (Å²) in [4.78, 5) is 0. The van der Waals surface area contributed by atoms with Gasteiger partial charge in [-0.15, -0.1) is 0 Å². The Hall–Kier alpha value is -0.160. The van der Waals surface area contributed by atoms with E-state index < -0.39 is 29.0 Å². The van der Waals surface area contributed by atoms with Crippen LogP contribution in [0.25, 0.3) is 0 Å². The summed E-state index contributed by atoms with van der Waals surface area (Å²) < 4.78 is 5.87. The van der Waals surface area contributed by atoms with Crippen LogP contribution in [0.4, 0.5) is 0 Å². The second-order valence-corrected chi connectivity index (χ2v) is 7.24. The highest BCUT2D eigenvalue weighted by atomic mass is 16.6. The van der Waals surface area contributed by atoms with E-state index in [0.29, 0.717) is 12.8 Å². The molecule has 4 nitrogen and oxygen atoms in total. The highest BCUT2D eigenvalue weighted by Gasteiger charge is 2.67. The molecule has 0 aliphatic carbocycles. The molecule has 2 saturated heterocycles. The zero-order valence-corrected chi connectivity index (χ0v) is 12.0. The van der Waals surface area contributed by atoms with Gasteiger partial charge >= 0.3 is 0 Å². The highest BCUT2D eigenvalue weighted by molar-refractivity contribution is 5.17. The van der Waals surface area contributed by atoms with Gasteiger partial charge in [0.1, 0.15) is 12.2 Å². The number of hydrogen-bond donors (Lipinski definition) is 3. The van der Waals surface area contributed by atoms with Gasteiger partial charge in [-0.25, -0.2) is 0 Å². The van der Waals surface area contributed by atoms with Crippen LogP contribution in [0.5, 0.6) is 0 Å². The van der Waals surface area contributed by atoms with Crippen LogP contribution in [0.3, 0.4) is 0 Å². The molecule has 2 aliphatic heterocycles.